The third-order valence-electron chi connectivity index (χ3n) is 0.0607. The van der Waals surface area contributed by atoms with E-state index >= 15 is 0 Å². The SMILES string of the molecule is O=[PH](F)OF. The van der Waals surface area contributed by atoms with Crippen LogP contribution in [0.3, 0.4) is 0 Å². The van der Waals surface area contributed by atoms with Gasteiger partial charge in [-0.25, -0.2) is 0 Å². The largest absolute Gasteiger partial charge is 0.387 e. The number of hydrogen-bond donors (Lipinski definition) is 0. The van der Waals surface area contributed by atoms with Crippen LogP contribution in [0.5, 0.6) is 0 Å². The summed E-state index contributed by atoms with van der Waals surface area (Å²) >= 11 is 0. The third-order valence-corrected chi connectivity index (χ3v) is 0.182. The zero-order valence-electron chi connectivity index (χ0n) is 2.07. The van der Waals surface area contributed by atoms with Gasteiger partial charge in [0.1, 0.15) is 0 Å². The molecule has 2 nitrogen and oxygen atoms in total. The Morgan fingerprint density at radius 3 is 2.00 bits per heavy atom. The van der Waals surface area contributed by atoms with E-state index < -0.39 is 8.34 Å². The van der Waals surface area contributed by atoms with E-state index in [-0.39, 0.29) is 0 Å². The second-order valence-corrected chi connectivity index (χ2v) is 0.944. The van der Waals surface area contributed by atoms with Gasteiger partial charge in [-0.15, -0.1) is 4.73 Å². The maximum Gasteiger partial charge on any atom is 0.387 e. The first-order valence-electron chi connectivity index (χ1n) is 0.752. The van der Waals surface area contributed by atoms with Crippen molar-refractivity contribution in [2.75, 3.05) is 0 Å². The smallest absolute Gasteiger partial charge is 0.256 e. The molecule has 0 bridgehead atoms. The van der Waals surface area contributed by atoms with Crippen LogP contribution in [0.25, 0.3) is 0 Å². The molecule has 0 aliphatic heterocycles. The molecule has 0 aliphatic rings. The van der Waals surface area contributed by atoms with Crippen LogP contribution < -0.4 is 0 Å². The van der Waals surface area contributed by atoms with Crippen molar-refractivity contribution in [3.05, 3.63) is 0 Å². The topological polar surface area (TPSA) is 26.3 Å². The van der Waals surface area contributed by atoms with Crippen molar-refractivity contribution < 1.29 is 18.0 Å². The maximum absolute atomic E-state index is 10.4. The maximum atomic E-state index is 10.4. The second kappa shape index (κ2) is 2.30. The van der Waals surface area contributed by atoms with Gasteiger partial charge in [0.05, 0.1) is 0 Å². The molecule has 1 atom stereocenters. The van der Waals surface area contributed by atoms with Gasteiger partial charge in [-0.3, -0.25) is 4.57 Å². The molecule has 5 heavy (non-hydrogen) atoms. The zero-order valence-corrected chi connectivity index (χ0v) is 3.07. The Kier molecular flexibility index (Phi) is 2.32. The minimum absolute atomic E-state index is 2.13. The van der Waals surface area contributed by atoms with Gasteiger partial charge >= 0.3 is 8.34 Å². The van der Waals surface area contributed by atoms with Crippen LogP contribution in [0.4, 0.5) is 8.72 Å². The molecule has 0 saturated carbocycles. The molecule has 0 heterocycles. The minimum Gasteiger partial charge on any atom is -0.256 e. The van der Waals surface area contributed by atoms with Crippen molar-refractivity contribution in [1.82, 2.24) is 0 Å². The highest BCUT2D eigenvalue weighted by atomic mass is 31.2. The van der Waals surface area contributed by atoms with Crippen LogP contribution >= 0.6 is 8.34 Å². The summed E-state index contributed by atoms with van der Waals surface area (Å²) in [5, 5.41) is 0. The first kappa shape index (κ1) is 5.05. The highest BCUT2D eigenvalue weighted by Gasteiger charge is 1.84. The lowest BCUT2D eigenvalue weighted by Gasteiger charge is -1.67. The van der Waals surface area contributed by atoms with E-state index in [0.29, 0.717) is 0 Å². The Labute approximate surface area is 27.6 Å². The van der Waals surface area contributed by atoms with Crippen molar-refractivity contribution in [3.8, 4) is 0 Å². The molecule has 0 saturated heterocycles. The number of hydrogen-bond acceptors (Lipinski definition) is 2. The minimum atomic E-state index is -3.79. The fourth-order valence-corrected chi connectivity index (χ4v) is 0. The molecule has 0 fully saturated rings. The molecule has 0 amide bonds. The van der Waals surface area contributed by atoms with Crippen molar-refractivity contribution in [3.63, 3.8) is 0 Å². The fraction of sp³-hybridized carbons (Fsp3) is 0. The molecule has 5 heteroatoms. The highest BCUT2D eigenvalue weighted by molar-refractivity contribution is 7.32. The molecule has 0 N–H and O–H groups in total. The fourth-order valence-electron chi connectivity index (χ4n) is 0. The van der Waals surface area contributed by atoms with Crippen molar-refractivity contribution in [1.29, 1.82) is 0 Å². The van der Waals surface area contributed by atoms with E-state index in [1.807, 2.05) is 0 Å². The Balaban J connectivity index is 2.85. The van der Waals surface area contributed by atoms with E-state index in [4.69, 9.17) is 4.57 Å². The van der Waals surface area contributed by atoms with Crippen LogP contribution in [-0.4, -0.2) is 0 Å². The third kappa shape index (κ3) is 4.05. The van der Waals surface area contributed by atoms with Crippen LogP contribution in [0.15, 0.2) is 0 Å². The van der Waals surface area contributed by atoms with Crippen LogP contribution in [-0.2, 0) is 9.29 Å². The van der Waals surface area contributed by atoms with E-state index in [1.165, 1.54) is 0 Å². The molecular weight excluding hydrogens is 101 g/mol. The lowest BCUT2D eigenvalue weighted by Crippen LogP contribution is -1.39. The predicted molar refractivity (Wildman–Crippen MR) is 12.3 cm³/mol. The lowest BCUT2D eigenvalue weighted by molar-refractivity contribution is -0.00319. The molecule has 32 valence electrons. The molecule has 0 aromatic heterocycles. The summed E-state index contributed by atoms with van der Waals surface area (Å²) in [6.07, 6.45) is 0. The first-order chi connectivity index (χ1) is 2.27. The van der Waals surface area contributed by atoms with Gasteiger partial charge in [0.15, 0.2) is 0 Å². The standard InChI is InChI=1S/F2HO2P/c1-4-5(2)3/h5H. The Morgan fingerprint density at radius 2 is 2.00 bits per heavy atom. The Hall–Kier alpha value is 0.0500. The van der Waals surface area contributed by atoms with E-state index in [9.17, 15) is 8.72 Å². The summed E-state index contributed by atoms with van der Waals surface area (Å²) in [6.45, 7) is 0. The Morgan fingerprint density at radius 1 is 1.80 bits per heavy atom. The molecule has 0 rings (SSSR count). The lowest BCUT2D eigenvalue weighted by atomic mass is 15.6. The second-order valence-electron chi connectivity index (χ2n) is 0.315. The average molecular weight is 102 g/mol. The highest BCUT2D eigenvalue weighted by Crippen LogP contribution is 2.21. The van der Waals surface area contributed by atoms with Crippen molar-refractivity contribution >= 4 is 8.34 Å². The van der Waals surface area contributed by atoms with Crippen LogP contribution in [0.2, 0.25) is 0 Å². The van der Waals surface area contributed by atoms with Gasteiger partial charge in [0.2, 0.25) is 0 Å². The predicted octanol–water partition coefficient (Wildman–Crippen LogP) is 1.25. The Bertz CT molecular complexity index is 42.9. The van der Waals surface area contributed by atoms with Gasteiger partial charge in [0.25, 0.3) is 0 Å². The monoisotopic (exact) mass is 102 g/mol. The summed E-state index contributed by atoms with van der Waals surface area (Å²) < 4.78 is 31.2. The van der Waals surface area contributed by atoms with Gasteiger partial charge < -0.3 is 0 Å². The first-order valence-corrected chi connectivity index (χ1v) is 1.95. The number of rotatable bonds is 1. The van der Waals surface area contributed by atoms with Gasteiger partial charge in [-0.05, 0) is 4.53 Å². The zero-order chi connectivity index (χ0) is 4.28. The van der Waals surface area contributed by atoms with E-state index in [2.05, 4.69) is 4.73 Å². The summed E-state index contributed by atoms with van der Waals surface area (Å²) in [6, 6.07) is 0. The van der Waals surface area contributed by atoms with Gasteiger partial charge in [-0.1, -0.05) is 0 Å². The molecule has 0 spiro atoms. The molecular formula is HF2O2P. The molecule has 1 unspecified atom stereocenters. The molecule has 0 aromatic carbocycles. The van der Waals surface area contributed by atoms with Gasteiger partial charge in [0, 0.05) is 0 Å². The van der Waals surface area contributed by atoms with Crippen molar-refractivity contribution in [2.24, 2.45) is 0 Å². The quantitative estimate of drug-likeness (QED) is 0.465. The summed E-state index contributed by atoms with van der Waals surface area (Å²) in [7, 11) is -3.79. The van der Waals surface area contributed by atoms with E-state index in [1.54, 1.807) is 0 Å². The molecule has 0 aromatic rings. The summed E-state index contributed by atoms with van der Waals surface area (Å²) in [5.41, 5.74) is 0. The normalized spacial score (nSPS) is 14.8. The van der Waals surface area contributed by atoms with Crippen LogP contribution in [0.1, 0.15) is 0 Å². The average Bonchev–Trinajstić information content (AvgIpc) is 1.38. The van der Waals surface area contributed by atoms with Crippen LogP contribution in [0, 0.1) is 0 Å². The molecule has 0 radical (unpaired) electrons. The summed E-state index contributed by atoms with van der Waals surface area (Å²) in [5.74, 6) is 0. The molecule has 0 aliphatic carbocycles. The van der Waals surface area contributed by atoms with Crippen molar-refractivity contribution in [2.45, 2.75) is 0 Å². The van der Waals surface area contributed by atoms with E-state index in [0.717, 1.165) is 0 Å². The summed E-state index contributed by atoms with van der Waals surface area (Å²) in [4.78, 5) is 0. The number of halogens is 2. The van der Waals surface area contributed by atoms with Gasteiger partial charge in [-0.2, -0.15) is 4.20 Å².